The van der Waals surface area contributed by atoms with E-state index in [1.54, 1.807) is 30.3 Å². The topological polar surface area (TPSA) is 121 Å². The summed E-state index contributed by atoms with van der Waals surface area (Å²) in [4.78, 5) is 36.2. The van der Waals surface area contributed by atoms with Gasteiger partial charge in [-0.25, -0.2) is 4.79 Å². The highest BCUT2D eigenvalue weighted by molar-refractivity contribution is 5.92. The second kappa shape index (κ2) is 10.2. The van der Waals surface area contributed by atoms with E-state index in [2.05, 4.69) is 10.9 Å². The maximum absolute atomic E-state index is 12.2. The van der Waals surface area contributed by atoms with Crippen LogP contribution in [0.25, 0.3) is 0 Å². The Labute approximate surface area is 178 Å². The van der Waals surface area contributed by atoms with Gasteiger partial charge in [0.2, 0.25) is 6.10 Å². The van der Waals surface area contributed by atoms with Crippen molar-refractivity contribution in [2.75, 3.05) is 26.9 Å². The van der Waals surface area contributed by atoms with E-state index in [1.165, 1.54) is 19.2 Å². The van der Waals surface area contributed by atoms with E-state index >= 15 is 0 Å². The van der Waals surface area contributed by atoms with Crippen molar-refractivity contribution in [3.8, 4) is 23.0 Å². The minimum atomic E-state index is -0.936. The molecule has 1 heterocycles. The van der Waals surface area contributed by atoms with Crippen LogP contribution < -0.4 is 29.8 Å². The van der Waals surface area contributed by atoms with Gasteiger partial charge >= 0.3 is 5.97 Å². The number of fused-ring (bicyclic) bond motifs is 1. The van der Waals surface area contributed by atoms with Gasteiger partial charge in [0.05, 0.1) is 19.3 Å². The Morgan fingerprint density at radius 1 is 1.06 bits per heavy atom. The number of nitrogens with one attached hydrogen (secondary N) is 2. The SMILES string of the molecule is CCOc1ccc(C(=O)OCC(=O)NNC(=O)C2COc3ccccc3O2)cc1OC. The minimum Gasteiger partial charge on any atom is -0.493 e. The van der Waals surface area contributed by atoms with Gasteiger partial charge in [0, 0.05) is 0 Å². The molecule has 10 heteroatoms. The summed E-state index contributed by atoms with van der Waals surface area (Å²) in [6.07, 6.45) is -0.936. The van der Waals surface area contributed by atoms with Gasteiger partial charge < -0.3 is 23.7 Å². The predicted molar refractivity (Wildman–Crippen MR) is 107 cm³/mol. The molecule has 0 fully saturated rings. The van der Waals surface area contributed by atoms with E-state index in [1.807, 2.05) is 6.92 Å². The number of hydrogen-bond donors (Lipinski definition) is 2. The fourth-order valence-electron chi connectivity index (χ4n) is 2.68. The van der Waals surface area contributed by atoms with Crippen molar-refractivity contribution in [3.05, 3.63) is 48.0 Å². The lowest BCUT2D eigenvalue weighted by Gasteiger charge is -2.25. The van der Waals surface area contributed by atoms with Gasteiger partial charge in [-0.1, -0.05) is 12.1 Å². The highest BCUT2D eigenvalue weighted by Crippen LogP contribution is 2.31. The molecule has 1 unspecified atom stereocenters. The normalized spacial score (nSPS) is 14.2. The zero-order chi connectivity index (χ0) is 22.2. The number of ether oxygens (including phenoxy) is 5. The second-order valence-electron chi connectivity index (χ2n) is 6.28. The third-order valence-corrected chi connectivity index (χ3v) is 4.16. The summed E-state index contributed by atoms with van der Waals surface area (Å²) in [6.45, 7) is 1.66. The molecule has 1 atom stereocenters. The summed E-state index contributed by atoms with van der Waals surface area (Å²) >= 11 is 0. The number of methoxy groups -OCH3 is 1. The first-order valence-electron chi connectivity index (χ1n) is 9.47. The minimum absolute atomic E-state index is 0.00667. The summed E-state index contributed by atoms with van der Waals surface area (Å²) in [5, 5.41) is 0. The monoisotopic (exact) mass is 430 g/mol. The first kappa shape index (κ1) is 21.8. The lowest BCUT2D eigenvalue weighted by atomic mass is 10.2. The van der Waals surface area contributed by atoms with Crippen molar-refractivity contribution >= 4 is 17.8 Å². The number of hydrogen-bond acceptors (Lipinski definition) is 8. The van der Waals surface area contributed by atoms with Crippen LogP contribution in [0.3, 0.4) is 0 Å². The van der Waals surface area contributed by atoms with Crippen molar-refractivity contribution in [2.24, 2.45) is 0 Å². The van der Waals surface area contributed by atoms with Crippen LogP contribution in [0.15, 0.2) is 42.5 Å². The molecule has 31 heavy (non-hydrogen) atoms. The zero-order valence-electron chi connectivity index (χ0n) is 17.0. The van der Waals surface area contributed by atoms with Gasteiger partial charge in [0.25, 0.3) is 11.8 Å². The Hall–Kier alpha value is -3.95. The molecule has 0 bridgehead atoms. The van der Waals surface area contributed by atoms with Crippen molar-refractivity contribution in [2.45, 2.75) is 13.0 Å². The molecule has 164 valence electrons. The van der Waals surface area contributed by atoms with E-state index in [0.717, 1.165) is 0 Å². The third-order valence-electron chi connectivity index (χ3n) is 4.16. The van der Waals surface area contributed by atoms with Gasteiger partial charge in [-0.05, 0) is 37.3 Å². The predicted octanol–water partition coefficient (Wildman–Crippen LogP) is 1.24. The summed E-state index contributed by atoms with van der Waals surface area (Å²) < 4.78 is 26.5. The number of para-hydroxylation sites is 2. The molecule has 0 spiro atoms. The number of rotatable bonds is 7. The van der Waals surface area contributed by atoms with E-state index < -0.39 is 30.5 Å². The zero-order valence-corrected chi connectivity index (χ0v) is 17.0. The lowest BCUT2D eigenvalue weighted by Crippen LogP contribution is -2.51. The Bertz CT molecular complexity index is 962. The molecule has 1 aliphatic rings. The molecule has 0 aromatic heterocycles. The standard InChI is InChI=1S/C21H22N2O8/c1-3-28-15-9-8-13(10-17(15)27-2)21(26)30-12-19(24)22-23-20(25)18-11-29-14-6-4-5-7-16(14)31-18/h4-10,18H,3,11-12H2,1-2H3,(H,22,24)(H,23,25). The Morgan fingerprint density at radius 2 is 1.84 bits per heavy atom. The van der Waals surface area contributed by atoms with Gasteiger partial charge in [-0.3, -0.25) is 20.4 Å². The first-order valence-corrected chi connectivity index (χ1v) is 9.47. The smallest absolute Gasteiger partial charge is 0.338 e. The Kier molecular flexibility index (Phi) is 7.15. The molecule has 2 N–H and O–H groups in total. The molecule has 2 aromatic rings. The van der Waals surface area contributed by atoms with Crippen LogP contribution in [0.4, 0.5) is 0 Å². The van der Waals surface area contributed by atoms with Crippen LogP contribution >= 0.6 is 0 Å². The average Bonchev–Trinajstić information content (AvgIpc) is 2.81. The number of carbonyl (C=O) groups is 3. The number of hydrazine groups is 1. The quantitative estimate of drug-likeness (QED) is 0.497. The van der Waals surface area contributed by atoms with Gasteiger partial charge in [0.1, 0.15) is 6.61 Å². The Balaban J connectivity index is 1.45. The number of amides is 2. The molecular weight excluding hydrogens is 408 g/mol. The van der Waals surface area contributed by atoms with Crippen LogP contribution in [-0.4, -0.2) is 50.8 Å². The first-order chi connectivity index (χ1) is 15.0. The van der Waals surface area contributed by atoms with Gasteiger partial charge in [-0.15, -0.1) is 0 Å². The molecule has 0 saturated carbocycles. The van der Waals surface area contributed by atoms with Crippen molar-refractivity contribution in [1.82, 2.24) is 10.9 Å². The summed E-state index contributed by atoms with van der Waals surface area (Å²) in [5.74, 6) is -0.248. The number of esters is 1. The lowest BCUT2D eigenvalue weighted by molar-refractivity contribution is -0.135. The maximum atomic E-state index is 12.2. The summed E-state index contributed by atoms with van der Waals surface area (Å²) in [6, 6.07) is 11.4. The third kappa shape index (κ3) is 5.56. The summed E-state index contributed by atoms with van der Waals surface area (Å²) in [7, 11) is 1.45. The van der Waals surface area contributed by atoms with E-state index in [4.69, 9.17) is 23.7 Å². The average molecular weight is 430 g/mol. The molecule has 0 radical (unpaired) electrons. The largest absolute Gasteiger partial charge is 0.493 e. The van der Waals surface area contributed by atoms with Crippen LogP contribution in [0.1, 0.15) is 17.3 Å². The van der Waals surface area contributed by atoms with E-state index in [9.17, 15) is 14.4 Å². The van der Waals surface area contributed by atoms with Crippen LogP contribution in [0, 0.1) is 0 Å². The molecular formula is C21H22N2O8. The van der Waals surface area contributed by atoms with Crippen molar-refractivity contribution < 1.29 is 38.1 Å². The molecule has 3 rings (SSSR count). The molecule has 2 amide bonds. The molecule has 10 nitrogen and oxygen atoms in total. The Morgan fingerprint density at radius 3 is 2.58 bits per heavy atom. The van der Waals surface area contributed by atoms with Crippen LogP contribution in [-0.2, 0) is 14.3 Å². The van der Waals surface area contributed by atoms with E-state index in [-0.39, 0.29) is 12.2 Å². The molecule has 2 aromatic carbocycles. The van der Waals surface area contributed by atoms with Gasteiger partial charge in [-0.2, -0.15) is 0 Å². The second-order valence-corrected chi connectivity index (χ2v) is 6.28. The highest BCUT2D eigenvalue weighted by Gasteiger charge is 2.27. The highest BCUT2D eigenvalue weighted by atomic mass is 16.6. The van der Waals surface area contributed by atoms with Gasteiger partial charge in [0.15, 0.2) is 29.6 Å². The molecule has 1 aliphatic heterocycles. The fourth-order valence-corrected chi connectivity index (χ4v) is 2.68. The van der Waals surface area contributed by atoms with Crippen LogP contribution in [0.2, 0.25) is 0 Å². The van der Waals surface area contributed by atoms with E-state index in [0.29, 0.717) is 29.6 Å². The van der Waals surface area contributed by atoms with Crippen molar-refractivity contribution in [3.63, 3.8) is 0 Å². The number of carbonyl (C=O) groups excluding carboxylic acids is 3. The number of benzene rings is 2. The van der Waals surface area contributed by atoms with Crippen LogP contribution in [0.5, 0.6) is 23.0 Å². The van der Waals surface area contributed by atoms with Crippen molar-refractivity contribution in [1.29, 1.82) is 0 Å². The molecule has 0 aliphatic carbocycles. The molecule has 0 saturated heterocycles. The summed E-state index contributed by atoms with van der Waals surface area (Å²) in [5.41, 5.74) is 4.56. The maximum Gasteiger partial charge on any atom is 0.338 e. The fraction of sp³-hybridized carbons (Fsp3) is 0.286.